The maximum atomic E-state index is 6.56. The number of nitrogens with zero attached hydrogens (tertiary/aromatic N) is 6. The van der Waals surface area contributed by atoms with Crippen molar-refractivity contribution in [2.24, 2.45) is 10.7 Å². The highest BCUT2D eigenvalue weighted by Gasteiger charge is 2.29. The van der Waals surface area contributed by atoms with Crippen LogP contribution in [0.3, 0.4) is 0 Å². The molecule has 2 N–H and O–H groups in total. The molecule has 2 fully saturated rings. The standard InChI is InChI=1S/C27H34ClN7/c1-19-6-5-13-35(19)27-31-24(22-10-8-21(17-29)9-11-22)16-25(32-27)34-15-14-33(18-20(34)2)26-23(28)7-3-4-12-30-26/h3-4,8-12,16,19-20H,5-7,13-15,17-18,29H2,1-2H3. The molecule has 2 atom stereocenters. The van der Waals surface area contributed by atoms with Crippen LogP contribution in [0, 0.1) is 0 Å². The lowest BCUT2D eigenvalue weighted by Crippen LogP contribution is -2.52. The smallest absolute Gasteiger partial charge is 0.228 e. The molecule has 0 spiro atoms. The van der Waals surface area contributed by atoms with Crippen molar-refractivity contribution in [3.05, 3.63) is 58.9 Å². The molecule has 0 radical (unpaired) electrons. The van der Waals surface area contributed by atoms with Crippen LogP contribution in [0.5, 0.6) is 0 Å². The van der Waals surface area contributed by atoms with Crippen LogP contribution in [0.15, 0.2) is 58.3 Å². The Morgan fingerprint density at radius 2 is 1.86 bits per heavy atom. The van der Waals surface area contributed by atoms with E-state index < -0.39 is 0 Å². The number of allylic oxidation sites excluding steroid dienone is 3. The number of nitrogens with two attached hydrogens (primary N) is 1. The SMILES string of the molecule is CC1CN(C2=C(Cl)CC=CC=N2)CCN1c1cc(-c2ccc(CN)cc2)nc(N2CCCC2C)n1. The van der Waals surface area contributed by atoms with Crippen molar-refractivity contribution in [2.75, 3.05) is 36.0 Å². The zero-order chi connectivity index (χ0) is 24.4. The van der Waals surface area contributed by atoms with Crippen molar-refractivity contribution < 1.29 is 0 Å². The van der Waals surface area contributed by atoms with Crippen molar-refractivity contribution in [3.63, 3.8) is 0 Å². The van der Waals surface area contributed by atoms with Gasteiger partial charge in [-0.15, -0.1) is 0 Å². The number of aliphatic imine (C=N–C) groups is 1. The van der Waals surface area contributed by atoms with E-state index in [9.17, 15) is 0 Å². The van der Waals surface area contributed by atoms with Crippen molar-refractivity contribution in [2.45, 2.75) is 51.7 Å². The van der Waals surface area contributed by atoms with E-state index in [1.807, 2.05) is 18.4 Å². The fourth-order valence-electron chi connectivity index (χ4n) is 5.14. The summed E-state index contributed by atoms with van der Waals surface area (Å²) in [5, 5.41) is 0.797. The summed E-state index contributed by atoms with van der Waals surface area (Å²) in [6.07, 6.45) is 8.91. The van der Waals surface area contributed by atoms with Crippen LogP contribution in [0.2, 0.25) is 0 Å². The predicted molar refractivity (Wildman–Crippen MR) is 145 cm³/mol. The number of hydrogen-bond donors (Lipinski definition) is 1. The topological polar surface area (TPSA) is 73.9 Å². The number of rotatable bonds is 5. The lowest BCUT2D eigenvalue weighted by atomic mass is 10.1. The molecule has 0 saturated carbocycles. The average Bonchev–Trinajstić information content (AvgIpc) is 3.19. The number of benzene rings is 1. The molecule has 2 aromatic rings. The largest absolute Gasteiger partial charge is 0.352 e. The third-order valence-corrected chi connectivity index (χ3v) is 7.50. The Labute approximate surface area is 213 Å². The highest BCUT2D eigenvalue weighted by atomic mass is 35.5. The van der Waals surface area contributed by atoms with E-state index in [0.29, 0.717) is 12.6 Å². The van der Waals surface area contributed by atoms with Crippen LogP contribution in [0.1, 0.15) is 38.7 Å². The molecule has 1 aromatic heterocycles. The van der Waals surface area contributed by atoms with Crippen molar-refractivity contribution >= 4 is 29.6 Å². The van der Waals surface area contributed by atoms with Gasteiger partial charge in [0.25, 0.3) is 0 Å². The van der Waals surface area contributed by atoms with Crippen LogP contribution in [0.4, 0.5) is 11.8 Å². The Balaban J connectivity index is 1.45. The van der Waals surface area contributed by atoms with Crippen LogP contribution in [-0.2, 0) is 6.54 Å². The van der Waals surface area contributed by atoms with E-state index in [2.05, 4.69) is 63.9 Å². The second-order valence-electron chi connectivity index (χ2n) is 9.62. The lowest BCUT2D eigenvalue weighted by molar-refractivity contribution is 0.279. The second-order valence-corrected chi connectivity index (χ2v) is 10.1. The Morgan fingerprint density at radius 3 is 2.57 bits per heavy atom. The minimum Gasteiger partial charge on any atom is -0.352 e. The summed E-state index contributed by atoms with van der Waals surface area (Å²) in [5.41, 5.74) is 8.97. The first-order valence-electron chi connectivity index (χ1n) is 12.6. The van der Waals surface area contributed by atoms with Crippen molar-refractivity contribution in [3.8, 4) is 11.3 Å². The summed E-state index contributed by atoms with van der Waals surface area (Å²) >= 11 is 6.56. The molecule has 0 bridgehead atoms. The van der Waals surface area contributed by atoms with Gasteiger partial charge in [0.15, 0.2) is 0 Å². The molecule has 3 aliphatic heterocycles. The van der Waals surface area contributed by atoms with Gasteiger partial charge in [0.05, 0.1) is 10.7 Å². The van der Waals surface area contributed by atoms with E-state index in [0.717, 1.165) is 72.0 Å². The van der Waals surface area contributed by atoms with E-state index in [-0.39, 0.29) is 6.04 Å². The van der Waals surface area contributed by atoms with Crippen LogP contribution >= 0.6 is 11.6 Å². The third kappa shape index (κ3) is 5.07. The summed E-state index contributed by atoms with van der Waals surface area (Å²) < 4.78 is 0. The Hall–Kier alpha value is -2.90. The van der Waals surface area contributed by atoms with Gasteiger partial charge in [-0.05, 0) is 38.3 Å². The maximum absolute atomic E-state index is 6.56. The normalized spacial score (nSPS) is 22.8. The van der Waals surface area contributed by atoms with Gasteiger partial charge < -0.3 is 20.4 Å². The van der Waals surface area contributed by atoms with Gasteiger partial charge in [-0.1, -0.05) is 41.9 Å². The molecule has 35 heavy (non-hydrogen) atoms. The average molecular weight is 492 g/mol. The van der Waals surface area contributed by atoms with Gasteiger partial charge in [-0.3, -0.25) is 0 Å². The Kier molecular flexibility index (Phi) is 7.07. The number of aromatic nitrogens is 2. The van der Waals surface area contributed by atoms with Crippen LogP contribution in [-0.4, -0.2) is 59.3 Å². The zero-order valence-electron chi connectivity index (χ0n) is 20.6. The molecule has 184 valence electrons. The summed E-state index contributed by atoms with van der Waals surface area (Å²) in [4.78, 5) is 21.8. The maximum Gasteiger partial charge on any atom is 0.228 e. The number of hydrogen-bond acceptors (Lipinski definition) is 7. The van der Waals surface area contributed by atoms with E-state index >= 15 is 0 Å². The number of piperazine rings is 1. The number of anilines is 2. The fourth-order valence-corrected chi connectivity index (χ4v) is 5.40. The molecule has 2 unspecified atom stereocenters. The molecule has 0 aliphatic carbocycles. The first-order chi connectivity index (χ1) is 17.0. The molecule has 4 heterocycles. The molecule has 7 nitrogen and oxygen atoms in total. The minimum atomic E-state index is 0.248. The van der Waals surface area contributed by atoms with Crippen molar-refractivity contribution in [1.29, 1.82) is 0 Å². The highest BCUT2D eigenvalue weighted by molar-refractivity contribution is 6.30. The minimum absolute atomic E-state index is 0.248. The van der Waals surface area contributed by atoms with E-state index in [4.69, 9.17) is 27.3 Å². The highest BCUT2D eigenvalue weighted by Crippen LogP contribution is 2.31. The summed E-state index contributed by atoms with van der Waals surface area (Å²) in [6.45, 7) is 8.56. The van der Waals surface area contributed by atoms with Gasteiger partial charge in [0.1, 0.15) is 11.6 Å². The van der Waals surface area contributed by atoms with Crippen LogP contribution in [0.25, 0.3) is 11.3 Å². The summed E-state index contributed by atoms with van der Waals surface area (Å²) in [6, 6.07) is 11.2. The van der Waals surface area contributed by atoms with Gasteiger partial charge in [0, 0.05) is 69.1 Å². The Morgan fingerprint density at radius 1 is 1.03 bits per heavy atom. The Bertz CT molecular complexity index is 1140. The quantitative estimate of drug-likeness (QED) is 0.661. The summed E-state index contributed by atoms with van der Waals surface area (Å²) in [5.74, 6) is 2.69. The van der Waals surface area contributed by atoms with Crippen molar-refractivity contribution in [1.82, 2.24) is 14.9 Å². The first kappa shape index (κ1) is 23.8. The first-order valence-corrected chi connectivity index (χ1v) is 13.0. The monoisotopic (exact) mass is 491 g/mol. The molecule has 2 saturated heterocycles. The molecule has 3 aliphatic rings. The summed E-state index contributed by atoms with van der Waals surface area (Å²) in [7, 11) is 0. The molecule has 0 amide bonds. The van der Waals surface area contributed by atoms with Gasteiger partial charge in [0.2, 0.25) is 5.95 Å². The zero-order valence-corrected chi connectivity index (χ0v) is 21.3. The lowest BCUT2D eigenvalue weighted by Gasteiger charge is -2.42. The molecular weight excluding hydrogens is 458 g/mol. The molecule has 5 rings (SSSR count). The second kappa shape index (κ2) is 10.4. The van der Waals surface area contributed by atoms with Gasteiger partial charge >= 0.3 is 0 Å². The molecular formula is C27H34ClN7. The third-order valence-electron chi connectivity index (χ3n) is 7.18. The van der Waals surface area contributed by atoms with E-state index in [1.54, 1.807) is 0 Å². The van der Waals surface area contributed by atoms with E-state index in [1.165, 1.54) is 12.8 Å². The van der Waals surface area contributed by atoms with Crippen LogP contribution < -0.4 is 15.5 Å². The molecule has 1 aromatic carbocycles. The molecule has 8 heteroatoms. The predicted octanol–water partition coefficient (Wildman–Crippen LogP) is 4.54. The van der Waals surface area contributed by atoms with Gasteiger partial charge in [-0.25, -0.2) is 9.98 Å². The number of halogens is 1. The van der Waals surface area contributed by atoms with Gasteiger partial charge in [-0.2, -0.15) is 4.98 Å². The fraction of sp³-hybridized carbons (Fsp3) is 0.444.